The molecule has 21 heavy (non-hydrogen) atoms. The topological polar surface area (TPSA) is 93.4 Å². The quantitative estimate of drug-likeness (QED) is 0.862. The zero-order valence-electron chi connectivity index (χ0n) is 11.3. The van der Waals surface area contributed by atoms with E-state index < -0.39 is 12.0 Å². The first-order valence-electron chi connectivity index (χ1n) is 6.45. The van der Waals surface area contributed by atoms with Crippen LogP contribution in [-0.2, 0) is 9.59 Å². The Morgan fingerprint density at radius 2 is 2.33 bits per heavy atom. The lowest BCUT2D eigenvalue weighted by Gasteiger charge is -2.31. The summed E-state index contributed by atoms with van der Waals surface area (Å²) in [6.45, 7) is 0.613. The predicted octanol–water partition coefficient (Wildman–Crippen LogP) is 0.999. The molecule has 1 aliphatic heterocycles. The molecular weight excluding hydrogens is 290 g/mol. The number of rotatable bonds is 4. The van der Waals surface area contributed by atoms with Gasteiger partial charge in [0.1, 0.15) is 6.04 Å². The van der Waals surface area contributed by atoms with Gasteiger partial charge in [0.15, 0.2) is 0 Å². The second kappa shape index (κ2) is 7.11. The Bertz CT molecular complexity index is 585. The number of hydrogen-bond acceptors (Lipinski definition) is 5. The predicted molar refractivity (Wildman–Crippen MR) is 80.1 cm³/mol. The van der Waals surface area contributed by atoms with E-state index in [1.165, 1.54) is 0 Å². The van der Waals surface area contributed by atoms with E-state index in [-0.39, 0.29) is 12.5 Å². The van der Waals surface area contributed by atoms with Gasteiger partial charge in [0.05, 0.1) is 18.2 Å². The fourth-order valence-electron chi connectivity index (χ4n) is 2.11. The lowest BCUT2D eigenvalue weighted by molar-refractivity contribution is -0.142. The summed E-state index contributed by atoms with van der Waals surface area (Å²) in [5, 5.41) is 20.7. The molecule has 1 heterocycles. The Labute approximate surface area is 126 Å². The van der Waals surface area contributed by atoms with E-state index in [1.807, 2.05) is 6.07 Å². The van der Waals surface area contributed by atoms with E-state index in [1.54, 1.807) is 40.9 Å². The Morgan fingerprint density at radius 3 is 3.05 bits per heavy atom. The van der Waals surface area contributed by atoms with Crippen LogP contribution >= 0.6 is 11.8 Å². The first-order valence-corrected chi connectivity index (χ1v) is 7.60. The van der Waals surface area contributed by atoms with Gasteiger partial charge in [0, 0.05) is 23.7 Å². The molecule has 7 heteroatoms. The minimum absolute atomic E-state index is 0.0360. The highest BCUT2D eigenvalue weighted by molar-refractivity contribution is 7.99. The van der Waals surface area contributed by atoms with E-state index in [0.717, 1.165) is 5.75 Å². The van der Waals surface area contributed by atoms with E-state index in [0.29, 0.717) is 23.5 Å². The van der Waals surface area contributed by atoms with E-state index in [4.69, 9.17) is 10.4 Å². The van der Waals surface area contributed by atoms with Crippen LogP contribution < -0.4 is 5.32 Å². The highest BCUT2D eigenvalue weighted by Gasteiger charge is 2.30. The van der Waals surface area contributed by atoms with Gasteiger partial charge in [-0.2, -0.15) is 17.0 Å². The molecule has 0 bridgehead atoms. The third-order valence-electron chi connectivity index (χ3n) is 3.15. The van der Waals surface area contributed by atoms with Crippen molar-refractivity contribution < 1.29 is 14.7 Å². The Kier molecular flexibility index (Phi) is 5.20. The number of thioether (sulfide) groups is 1. The van der Waals surface area contributed by atoms with Crippen LogP contribution in [0.25, 0.3) is 0 Å². The summed E-state index contributed by atoms with van der Waals surface area (Å²) in [5.41, 5.74) is 1.00. The Morgan fingerprint density at radius 1 is 1.52 bits per heavy atom. The van der Waals surface area contributed by atoms with Crippen LogP contribution in [-0.4, -0.2) is 52.5 Å². The van der Waals surface area contributed by atoms with Crippen LogP contribution in [0.4, 0.5) is 5.69 Å². The zero-order chi connectivity index (χ0) is 15.2. The number of nitriles is 1. The molecule has 1 fully saturated rings. The molecule has 1 aromatic rings. The first kappa shape index (κ1) is 15.4. The summed E-state index contributed by atoms with van der Waals surface area (Å²) in [4.78, 5) is 24.8. The number of hydrogen-bond donors (Lipinski definition) is 2. The fraction of sp³-hybridized carbons (Fsp3) is 0.357. The summed E-state index contributed by atoms with van der Waals surface area (Å²) >= 11 is 1.58. The van der Waals surface area contributed by atoms with Crippen LogP contribution in [0.3, 0.4) is 0 Å². The van der Waals surface area contributed by atoms with E-state index >= 15 is 0 Å². The maximum absolute atomic E-state index is 12.0. The molecule has 0 radical (unpaired) electrons. The number of aliphatic carboxylic acids is 1. The van der Waals surface area contributed by atoms with Crippen molar-refractivity contribution in [3.63, 3.8) is 0 Å². The van der Waals surface area contributed by atoms with Crippen molar-refractivity contribution in [2.24, 2.45) is 0 Å². The second-order valence-corrected chi connectivity index (χ2v) is 5.79. The molecular formula is C14H15N3O3S. The zero-order valence-corrected chi connectivity index (χ0v) is 12.1. The van der Waals surface area contributed by atoms with Gasteiger partial charge in [0.25, 0.3) is 0 Å². The van der Waals surface area contributed by atoms with Gasteiger partial charge < -0.3 is 10.4 Å². The monoisotopic (exact) mass is 305 g/mol. The molecule has 6 nitrogen and oxygen atoms in total. The van der Waals surface area contributed by atoms with Crippen molar-refractivity contribution in [2.75, 3.05) is 29.9 Å². The number of anilines is 1. The van der Waals surface area contributed by atoms with Crippen molar-refractivity contribution in [1.29, 1.82) is 5.26 Å². The van der Waals surface area contributed by atoms with E-state index in [9.17, 15) is 9.59 Å². The molecule has 1 unspecified atom stereocenters. The SMILES string of the molecule is N#Cc1cccc(NC(=O)CN2CCSCC2C(=O)O)c1. The van der Waals surface area contributed by atoms with Crippen molar-refractivity contribution in [3.8, 4) is 6.07 Å². The molecule has 1 atom stereocenters. The number of nitrogens with one attached hydrogen (secondary N) is 1. The van der Waals surface area contributed by atoms with Crippen molar-refractivity contribution in [2.45, 2.75) is 6.04 Å². The number of nitrogens with zero attached hydrogens (tertiary/aromatic N) is 2. The largest absolute Gasteiger partial charge is 0.480 e. The highest BCUT2D eigenvalue weighted by atomic mass is 32.2. The minimum atomic E-state index is -0.901. The molecule has 1 amide bonds. The third kappa shape index (κ3) is 4.21. The summed E-state index contributed by atoms with van der Waals surface area (Å²) in [5.74, 6) is 0.137. The smallest absolute Gasteiger partial charge is 0.321 e. The Hall–Kier alpha value is -2.04. The summed E-state index contributed by atoms with van der Waals surface area (Å²) < 4.78 is 0. The standard InChI is InChI=1S/C14H15N3O3S/c15-7-10-2-1-3-11(6-10)16-13(18)8-17-4-5-21-9-12(17)14(19)20/h1-3,6,12H,4-5,8-9H2,(H,16,18)(H,19,20). The van der Waals surface area contributed by atoms with Gasteiger partial charge >= 0.3 is 5.97 Å². The summed E-state index contributed by atoms with van der Waals surface area (Å²) in [7, 11) is 0. The van der Waals surface area contributed by atoms with Crippen LogP contribution in [0.2, 0.25) is 0 Å². The number of carboxylic acid groups (broad SMARTS) is 1. The van der Waals surface area contributed by atoms with Gasteiger partial charge in [-0.25, -0.2) is 0 Å². The molecule has 110 valence electrons. The lowest BCUT2D eigenvalue weighted by atomic mass is 10.2. The van der Waals surface area contributed by atoms with Gasteiger partial charge in [-0.1, -0.05) is 6.07 Å². The molecule has 0 spiro atoms. The number of carboxylic acids is 1. The molecule has 1 saturated heterocycles. The highest BCUT2D eigenvalue weighted by Crippen LogP contribution is 2.17. The molecule has 0 aromatic heterocycles. The third-order valence-corrected chi connectivity index (χ3v) is 4.17. The number of amides is 1. The first-order chi connectivity index (χ1) is 10.1. The molecule has 2 N–H and O–H groups in total. The summed E-state index contributed by atoms with van der Waals surface area (Å²) in [6.07, 6.45) is 0. The number of carbonyl (C=O) groups is 2. The molecule has 0 aliphatic carbocycles. The number of carbonyl (C=O) groups excluding carboxylic acids is 1. The van der Waals surface area contributed by atoms with Gasteiger partial charge in [-0.05, 0) is 18.2 Å². The van der Waals surface area contributed by atoms with Crippen LogP contribution in [0.15, 0.2) is 24.3 Å². The minimum Gasteiger partial charge on any atom is -0.480 e. The van der Waals surface area contributed by atoms with Crippen LogP contribution in [0, 0.1) is 11.3 Å². The fourth-order valence-corrected chi connectivity index (χ4v) is 3.21. The molecule has 1 aromatic carbocycles. The Balaban J connectivity index is 1.97. The summed E-state index contributed by atoms with van der Waals surface area (Å²) in [6, 6.07) is 7.99. The van der Waals surface area contributed by atoms with Gasteiger partial charge in [-0.3, -0.25) is 14.5 Å². The maximum atomic E-state index is 12.0. The average molecular weight is 305 g/mol. The second-order valence-electron chi connectivity index (χ2n) is 4.64. The van der Waals surface area contributed by atoms with Gasteiger partial charge in [0.2, 0.25) is 5.91 Å². The lowest BCUT2D eigenvalue weighted by Crippen LogP contribution is -2.50. The van der Waals surface area contributed by atoms with Crippen LogP contribution in [0.1, 0.15) is 5.56 Å². The van der Waals surface area contributed by atoms with Crippen molar-refractivity contribution in [1.82, 2.24) is 4.90 Å². The van der Waals surface area contributed by atoms with E-state index in [2.05, 4.69) is 5.32 Å². The molecule has 2 rings (SSSR count). The molecule has 0 saturated carbocycles. The average Bonchev–Trinajstić information content (AvgIpc) is 2.47. The van der Waals surface area contributed by atoms with Gasteiger partial charge in [-0.15, -0.1) is 0 Å². The normalized spacial score (nSPS) is 18.7. The van der Waals surface area contributed by atoms with Crippen molar-refractivity contribution >= 4 is 29.3 Å². The maximum Gasteiger partial charge on any atom is 0.321 e. The number of benzene rings is 1. The molecule has 1 aliphatic rings. The van der Waals surface area contributed by atoms with Crippen molar-refractivity contribution in [3.05, 3.63) is 29.8 Å². The van der Waals surface area contributed by atoms with Crippen LogP contribution in [0.5, 0.6) is 0 Å².